The second-order valence-corrected chi connectivity index (χ2v) is 2.35. The molecule has 0 spiro atoms. The van der Waals surface area contributed by atoms with Gasteiger partial charge < -0.3 is 5.11 Å². The standard InChI is InChI=1S/C7H7N3O2/c1-4-6(7(11)12)5(3-8)9-10(4)2/h1-2H3,(H,11,12). The summed E-state index contributed by atoms with van der Waals surface area (Å²) in [5.74, 6) is -1.11. The number of rotatable bonds is 1. The monoisotopic (exact) mass is 165 g/mol. The Morgan fingerprint density at radius 1 is 1.75 bits per heavy atom. The zero-order valence-corrected chi connectivity index (χ0v) is 6.70. The number of carboxylic acid groups (broad SMARTS) is 1. The van der Waals surface area contributed by atoms with E-state index in [2.05, 4.69) is 5.10 Å². The molecule has 0 unspecified atom stereocenters. The molecular weight excluding hydrogens is 158 g/mol. The van der Waals surface area contributed by atoms with E-state index < -0.39 is 5.97 Å². The van der Waals surface area contributed by atoms with Gasteiger partial charge >= 0.3 is 5.97 Å². The van der Waals surface area contributed by atoms with Gasteiger partial charge in [0.2, 0.25) is 0 Å². The molecule has 12 heavy (non-hydrogen) atoms. The third-order valence-electron chi connectivity index (χ3n) is 1.65. The molecule has 1 rings (SSSR count). The summed E-state index contributed by atoms with van der Waals surface area (Å²) in [6, 6.07) is 1.73. The van der Waals surface area contributed by atoms with Crippen LogP contribution in [0.25, 0.3) is 0 Å². The molecule has 0 aliphatic rings. The first-order valence-electron chi connectivity index (χ1n) is 3.25. The predicted octanol–water partition coefficient (Wildman–Crippen LogP) is 0.298. The summed E-state index contributed by atoms with van der Waals surface area (Å²) in [6.07, 6.45) is 0. The number of carboxylic acids is 1. The number of aryl methyl sites for hydroxylation is 1. The van der Waals surface area contributed by atoms with Gasteiger partial charge in [-0.2, -0.15) is 10.4 Å². The average molecular weight is 165 g/mol. The molecule has 0 aromatic carbocycles. The van der Waals surface area contributed by atoms with Crippen LogP contribution in [0.5, 0.6) is 0 Å². The summed E-state index contributed by atoms with van der Waals surface area (Å²) in [4.78, 5) is 10.6. The van der Waals surface area contributed by atoms with E-state index in [0.29, 0.717) is 5.69 Å². The van der Waals surface area contributed by atoms with Crippen molar-refractivity contribution in [2.24, 2.45) is 7.05 Å². The molecule has 0 atom stereocenters. The Balaban J connectivity index is 3.44. The molecule has 0 saturated heterocycles. The van der Waals surface area contributed by atoms with E-state index in [0.717, 1.165) is 0 Å². The van der Waals surface area contributed by atoms with Crippen molar-refractivity contribution in [2.75, 3.05) is 0 Å². The smallest absolute Gasteiger partial charge is 0.340 e. The fourth-order valence-corrected chi connectivity index (χ4v) is 0.942. The predicted molar refractivity (Wildman–Crippen MR) is 39.6 cm³/mol. The van der Waals surface area contributed by atoms with Crippen molar-refractivity contribution in [1.82, 2.24) is 9.78 Å². The van der Waals surface area contributed by atoms with E-state index in [9.17, 15) is 4.79 Å². The fraction of sp³-hybridized carbons (Fsp3) is 0.286. The molecule has 5 heteroatoms. The molecule has 1 aromatic heterocycles. The first kappa shape index (κ1) is 8.27. The molecule has 0 amide bonds. The van der Waals surface area contributed by atoms with Crippen LogP contribution in [-0.4, -0.2) is 20.9 Å². The topological polar surface area (TPSA) is 78.9 Å². The Labute approximate surface area is 68.8 Å². The lowest BCUT2D eigenvalue weighted by Crippen LogP contribution is -2.00. The Morgan fingerprint density at radius 3 is 2.67 bits per heavy atom. The maximum Gasteiger partial charge on any atom is 0.340 e. The molecule has 0 radical (unpaired) electrons. The Hall–Kier alpha value is -1.83. The largest absolute Gasteiger partial charge is 0.478 e. The molecule has 0 bridgehead atoms. The summed E-state index contributed by atoms with van der Waals surface area (Å²) in [6.45, 7) is 1.61. The van der Waals surface area contributed by atoms with Gasteiger partial charge in [0, 0.05) is 7.05 Å². The van der Waals surface area contributed by atoms with Crippen molar-refractivity contribution >= 4 is 5.97 Å². The summed E-state index contributed by atoms with van der Waals surface area (Å²) < 4.78 is 1.38. The highest BCUT2D eigenvalue weighted by Gasteiger charge is 2.18. The zero-order chi connectivity index (χ0) is 9.30. The highest BCUT2D eigenvalue weighted by molar-refractivity contribution is 5.91. The van der Waals surface area contributed by atoms with Gasteiger partial charge in [0.05, 0.1) is 5.69 Å². The number of hydrogen-bond donors (Lipinski definition) is 1. The molecular formula is C7H7N3O2. The van der Waals surface area contributed by atoms with Crippen LogP contribution in [-0.2, 0) is 7.05 Å². The average Bonchev–Trinajstić information content (AvgIpc) is 2.28. The number of nitriles is 1. The van der Waals surface area contributed by atoms with Gasteiger partial charge in [0.15, 0.2) is 5.69 Å². The van der Waals surface area contributed by atoms with Gasteiger partial charge in [-0.25, -0.2) is 4.79 Å². The highest BCUT2D eigenvalue weighted by Crippen LogP contribution is 2.10. The van der Waals surface area contributed by atoms with E-state index >= 15 is 0 Å². The van der Waals surface area contributed by atoms with Crippen molar-refractivity contribution < 1.29 is 9.90 Å². The number of aromatic carboxylic acids is 1. The van der Waals surface area contributed by atoms with Crippen LogP contribution < -0.4 is 0 Å². The van der Waals surface area contributed by atoms with Crippen LogP contribution in [0.2, 0.25) is 0 Å². The second kappa shape index (κ2) is 2.66. The molecule has 0 fully saturated rings. The summed E-state index contributed by atoms with van der Waals surface area (Å²) in [7, 11) is 1.60. The van der Waals surface area contributed by atoms with Crippen LogP contribution in [0.4, 0.5) is 0 Å². The van der Waals surface area contributed by atoms with Gasteiger partial charge in [0.1, 0.15) is 11.6 Å². The molecule has 0 saturated carbocycles. The van der Waals surface area contributed by atoms with E-state index in [-0.39, 0.29) is 11.3 Å². The Morgan fingerprint density at radius 2 is 2.33 bits per heavy atom. The first-order valence-corrected chi connectivity index (χ1v) is 3.25. The summed E-state index contributed by atoms with van der Waals surface area (Å²) in [5.41, 5.74) is 0.432. The molecule has 1 aromatic rings. The van der Waals surface area contributed by atoms with E-state index in [4.69, 9.17) is 10.4 Å². The van der Waals surface area contributed by atoms with Crippen LogP contribution in [0.1, 0.15) is 21.7 Å². The van der Waals surface area contributed by atoms with Gasteiger partial charge in [0.25, 0.3) is 0 Å². The highest BCUT2D eigenvalue weighted by atomic mass is 16.4. The minimum atomic E-state index is -1.11. The number of aromatic nitrogens is 2. The van der Waals surface area contributed by atoms with Crippen LogP contribution in [0, 0.1) is 18.3 Å². The molecule has 62 valence electrons. The van der Waals surface area contributed by atoms with Crippen molar-refractivity contribution in [3.63, 3.8) is 0 Å². The van der Waals surface area contributed by atoms with Crippen LogP contribution >= 0.6 is 0 Å². The second-order valence-electron chi connectivity index (χ2n) is 2.35. The minimum absolute atomic E-state index is 0.0139. The number of carbonyl (C=O) groups is 1. The summed E-state index contributed by atoms with van der Waals surface area (Å²) in [5, 5.41) is 20.9. The Kier molecular flexibility index (Phi) is 1.83. The van der Waals surface area contributed by atoms with Crippen molar-refractivity contribution in [3.8, 4) is 6.07 Å². The van der Waals surface area contributed by atoms with Crippen molar-refractivity contribution in [1.29, 1.82) is 5.26 Å². The number of nitrogens with zero attached hydrogens (tertiary/aromatic N) is 3. The van der Waals surface area contributed by atoms with Gasteiger partial charge in [-0.05, 0) is 6.92 Å². The Bertz CT molecular complexity index is 373. The SMILES string of the molecule is Cc1c(C(=O)O)c(C#N)nn1C. The quantitative estimate of drug-likeness (QED) is 0.649. The van der Waals surface area contributed by atoms with Crippen molar-refractivity contribution in [2.45, 2.75) is 6.92 Å². The third kappa shape index (κ3) is 1.03. The maximum atomic E-state index is 10.6. The summed E-state index contributed by atoms with van der Waals surface area (Å²) >= 11 is 0. The molecule has 0 aliphatic carbocycles. The molecule has 1 heterocycles. The van der Waals surface area contributed by atoms with Crippen LogP contribution in [0.15, 0.2) is 0 Å². The zero-order valence-electron chi connectivity index (χ0n) is 6.70. The molecule has 1 N–H and O–H groups in total. The lowest BCUT2D eigenvalue weighted by atomic mass is 10.2. The van der Waals surface area contributed by atoms with Gasteiger partial charge in [-0.15, -0.1) is 0 Å². The van der Waals surface area contributed by atoms with E-state index in [1.165, 1.54) is 4.68 Å². The minimum Gasteiger partial charge on any atom is -0.478 e. The lowest BCUT2D eigenvalue weighted by molar-refractivity contribution is 0.0695. The third-order valence-corrected chi connectivity index (χ3v) is 1.65. The normalized spacial score (nSPS) is 9.42. The van der Waals surface area contributed by atoms with Gasteiger partial charge in [-0.3, -0.25) is 4.68 Å². The van der Waals surface area contributed by atoms with Crippen molar-refractivity contribution in [3.05, 3.63) is 17.0 Å². The van der Waals surface area contributed by atoms with Crippen LogP contribution in [0.3, 0.4) is 0 Å². The van der Waals surface area contributed by atoms with Gasteiger partial charge in [-0.1, -0.05) is 0 Å². The molecule has 0 aliphatic heterocycles. The first-order chi connectivity index (χ1) is 5.57. The van der Waals surface area contributed by atoms with E-state index in [1.807, 2.05) is 0 Å². The number of hydrogen-bond acceptors (Lipinski definition) is 3. The lowest BCUT2D eigenvalue weighted by Gasteiger charge is -1.92. The fourth-order valence-electron chi connectivity index (χ4n) is 0.942. The molecule has 5 nitrogen and oxygen atoms in total. The van der Waals surface area contributed by atoms with E-state index in [1.54, 1.807) is 20.0 Å². The maximum absolute atomic E-state index is 10.6.